The van der Waals surface area contributed by atoms with Gasteiger partial charge in [-0.15, -0.1) is 0 Å². The lowest BCUT2D eigenvalue weighted by atomic mass is 10.1. The van der Waals surface area contributed by atoms with Crippen molar-refractivity contribution in [2.24, 2.45) is 0 Å². The van der Waals surface area contributed by atoms with E-state index in [0.717, 1.165) is 44.2 Å². The molecule has 0 radical (unpaired) electrons. The molecule has 6 aromatic carbocycles. The largest absolute Gasteiger partial charge is 1.00 e. The predicted octanol–water partition coefficient (Wildman–Crippen LogP) is -2.71. The molecule has 8 aromatic heterocycles. The highest BCUT2D eigenvalue weighted by Gasteiger charge is 2.08. The van der Waals surface area contributed by atoms with Gasteiger partial charge >= 0.3 is 5.95 Å². The Balaban J connectivity index is 0.000000299. The number of anilines is 2. The number of nitrogens with one attached hydrogen (secondary N) is 5. The van der Waals surface area contributed by atoms with Crippen molar-refractivity contribution in [1.82, 2.24) is 44.9 Å². The molecule has 0 bridgehead atoms. The average Bonchev–Trinajstić information content (AvgIpc) is 0.865. The number of H-pyrrole nitrogens is 5. The minimum atomic E-state index is -0.493. The molecule has 0 fully saturated rings. The quantitative estimate of drug-likeness (QED) is 0.169. The summed E-state index contributed by atoms with van der Waals surface area (Å²) in [5, 5.41) is 26.9. The van der Waals surface area contributed by atoms with Crippen molar-refractivity contribution in [2.45, 2.75) is 20.8 Å². The molecule has 588 valence electrons. The second kappa shape index (κ2) is 51.8. The molecule has 9 N–H and O–H groups in total. The molecule has 119 heavy (non-hydrogen) atoms. The number of hydrogen-bond donors (Lipinski definition) is 2. The third kappa shape index (κ3) is 36.0. The van der Waals surface area contributed by atoms with Gasteiger partial charge in [0.05, 0.1) is 51.8 Å². The SMILES string of the molecule is Brc1cnc(C#Cc2ccccc2)nc1.Cc1cc(C#N)cc(C#Cc2cnc[nH+]c2)c1.Cc1nc(C#Cc2cc(F)cc(C#N)c2)cc[nH+]1.Cc1nccc(C#Cc2cc(Cl)cc(Oc3ccc[nH+]c3)c2)n1.N#Cc1cc(F)cc(C#Cc2cc[nH+]c(N)n2)c1.Nc1nccc(C#Cc2cc(F)cc(Oc3ccc[nH+]c3)c2)n1.[Cl-].[Cl-].[Cl-].[Cl-].[Cl-]. The van der Waals surface area contributed by atoms with Crippen LogP contribution < -0.4 is 108 Å². The van der Waals surface area contributed by atoms with Crippen LogP contribution >= 0.6 is 27.5 Å². The minimum absolute atomic E-state index is 0. The molecule has 0 saturated heterocycles. The van der Waals surface area contributed by atoms with Gasteiger partial charge in [0.25, 0.3) is 12.2 Å². The van der Waals surface area contributed by atoms with Gasteiger partial charge < -0.3 is 77.2 Å². The number of nitriles is 3. The highest BCUT2D eigenvalue weighted by molar-refractivity contribution is 9.10. The first kappa shape index (κ1) is 96.5. The summed E-state index contributed by atoms with van der Waals surface area (Å²) in [6.45, 7) is 5.60. The van der Waals surface area contributed by atoms with Crippen molar-refractivity contribution in [3.63, 3.8) is 0 Å². The lowest BCUT2D eigenvalue weighted by Gasteiger charge is -2.04. The van der Waals surface area contributed by atoms with E-state index in [-0.39, 0.29) is 85.1 Å². The molecule has 21 nitrogen and oxygen atoms in total. The second-order valence-corrected chi connectivity index (χ2v) is 24.2. The van der Waals surface area contributed by atoms with E-state index in [2.05, 4.69) is 163 Å². The van der Waals surface area contributed by atoms with Crippen LogP contribution in [0, 0.1) is 143 Å². The number of hydrogen-bond acceptors (Lipinski definition) is 16. The highest BCUT2D eigenvalue weighted by atomic mass is 79.9. The number of rotatable bonds is 4. The summed E-state index contributed by atoms with van der Waals surface area (Å²) >= 11 is 9.41. The van der Waals surface area contributed by atoms with Crippen molar-refractivity contribution < 1.29 is 110 Å². The minimum Gasteiger partial charge on any atom is -1.00 e. The van der Waals surface area contributed by atoms with E-state index >= 15 is 0 Å². The molecule has 8 heterocycles. The summed E-state index contributed by atoms with van der Waals surface area (Å²) in [5.41, 5.74) is 20.0. The highest BCUT2D eigenvalue weighted by Crippen LogP contribution is 2.26. The molecule has 14 rings (SSSR count). The Morgan fingerprint density at radius 1 is 0.395 bits per heavy atom. The van der Waals surface area contributed by atoms with Gasteiger partial charge in [-0.05, 0) is 191 Å². The maximum absolute atomic E-state index is 13.7. The smallest absolute Gasteiger partial charge is 0.388 e. The van der Waals surface area contributed by atoms with Crippen molar-refractivity contribution in [3.8, 4) is 112 Å². The van der Waals surface area contributed by atoms with Gasteiger partial charge in [-0.25, -0.2) is 68.0 Å². The molecule has 0 aliphatic heterocycles. The Bertz CT molecular complexity index is 6000. The summed E-state index contributed by atoms with van der Waals surface area (Å²) in [6.07, 6.45) is 21.9. The number of ether oxygens (including phenoxy) is 2. The van der Waals surface area contributed by atoms with Gasteiger partial charge in [-0.1, -0.05) is 81.2 Å². The lowest BCUT2D eigenvalue weighted by molar-refractivity contribution is -0.392. The molecule has 0 saturated carbocycles. The fourth-order valence-electron chi connectivity index (χ4n) is 9.03. The van der Waals surface area contributed by atoms with Crippen LogP contribution in [0.25, 0.3) is 0 Å². The van der Waals surface area contributed by atoms with Gasteiger partial charge in [-0.3, -0.25) is 5.73 Å². The number of aromatic amines is 5. The zero-order valence-electron chi connectivity index (χ0n) is 62.3. The van der Waals surface area contributed by atoms with E-state index in [9.17, 15) is 13.2 Å². The predicted molar refractivity (Wildman–Crippen MR) is 419 cm³/mol. The molecule has 0 unspecified atom stereocenters. The molecule has 14 aromatic rings. The third-order valence-electron chi connectivity index (χ3n) is 13.8. The van der Waals surface area contributed by atoms with Crippen LogP contribution in [0.1, 0.15) is 101 Å². The number of pyridine rings is 2. The first-order chi connectivity index (χ1) is 55.3. The molecule has 0 spiro atoms. The normalized spacial score (nSPS) is 8.98. The Kier molecular flexibility index (Phi) is 42.0. The van der Waals surface area contributed by atoms with E-state index < -0.39 is 17.5 Å². The van der Waals surface area contributed by atoms with E-state index in [0.29, 0.717) is 84.7 Å². The van der Waals surface area contributed by atoms with Crippen molar-refractivity contribution in [3.05, 3.63) is 379 Å². The first-order valence-electron chi connectivity index (χ1n) is 33.5. The topological polar surface area (TPSA) is 329 Å². The Hall–Kier alpha value is -14.9. The Morgan fingerprint density at radius 2 is 0.857 bits per heavy atom. The van der Waals surface area contributed by atoms with Gasteiger partial charge in [0.1, 0.15) is 57.9 Å². The van der Waals surface area contributed by atoms with Crippen molar-refractivity contribution in [1.29, 1.82) is 15.8 Å². The first-order valence-corrected chi connectivity index (χ1v) is 34.7. The number of aryl methyl sites for hydroxylation is 3. The summed E-state index contributed by atoms with van der Waals surface area (Å²) in [5.74, 6) is 37.9. The van der Waals surface area contributed by atoms with Crippen LogP contribution in [-0.4, -0.2) is 44.9 Å². The molecular formula is C88H59BrCl6F3N19O2. The van der Waals surface area contributed by atoms with Crippen LogP contribution in [0.2, 0.25) is 5.02 Å². The second-order valence-electron chi connectivity index (χ2n) is 22.9. The summed E-state index contributed by atoms with van der Waals surface area (Å²) in [6, 6.07) is 52.8. The van der Waals surface area contributed by atoms with Crippen LogP contribution in [0.5, 0.6) is 23.0 Å². The number of aromatic nitrogens is 14. The lowest BCUT2D eigenvalue weighted by Crippen LogP contribution is -3.00. The monoisotopic (exact) mass is 1760 g/mol. The molecule has 0 aliphatic carbocycles. The maximum Gasteiger partial charge on any atom is 0.388 e. The zero-order valence-corrected chi connectivity index (χ0v) is 68.4. The van der Waals surface area contributed by atoms with Gasteiger partial charge in [-0.2, -0.15) is 15.8 Å². The average molecular weight is 1760 g/mol. The summed E-state index contributed by atoms with van der Waals surface area (Å²) < 4.78 is 52.2. The van der Waals surface area contributed by atoms with Crippen LogP contribution in [0.15, 0.2) is 255 Å². The molecule has 0 aliphatic rings. The van der Waals surface area contributed by atoms with E-state index in [1.165, 1.54) is 48.7 Å². The van der Waals surface area contributed by atoms with Gasteiger partial charge in [0.2, 0.25) is 29.9 Å². The summed E-state index contributed by atoms with van der Waals surface area (Å²) in [4.78, 5) is 50.5. The number of nitrogen functional groups attached to an aromatic ring is 2. The number of nitrogens with zero attached hydrogens (tertiary/aromatic N) is 12. The molecule has 0 atom stereocenters. The van der Waals surface area contributed by atoms with Crippen molar-refractivity contribution >= 4 is 39.4 Å². The zero-order chi connectivity index (χ0) is 80.7. The molecule has 31 heteroatoms. The fourth-order valence-corrected chi connectivity index (χ4v) is 9.46. The van der Waals surface area contributed by atoms with E-state index in [1.807, 2.05) is 99.8 Å². The Morgan fingerprint density at radius 3 is 1.38 bits per heavy atom. The standard InChI is InChI=1S/C18H12ClN3O.C17H11FN4O.C14H8FN3.C14H9N3.C13H7FN4.C12H7BrN2.5ClH/c1-13-21-8-6-16(22-13)5-4-14-9-15(19)11-18(10-14)23-17-3-2-7-20-12-17;18-13-8-12(3-4-14-5-7-21-17(19)22-14)9-16(10-13)23-15-2-1-6-20-11-15;1-10-17-5-4-14(18-10)3-2-11-6-12(9-16)8-13(15)7-11;1-11-4-12(6-14(5-11)7-15)2-3-13-8-16-10-17-9-13;14-11-6-9(5-10(7-11)8-15)1-2-12-3-4-17-13(16)18-12;13-11-8-14-12(15-9-11)7-6-10-4-2-1-3-5-10;;;;;/h2-3,6-12H,1H3;1-2,5-11H,(H2,19,21,22);4-8H,1H3;4-6,8-10H,1H3;3-7H,(H2,16,17,18);1-5,8-9H;5*1H. The number of nitrogens with two attached hydrogens (primary N) is 2. The van der Waals surface area contributed by atoms with Gasteiger partial charge in [0.15, 0.2) is 35.8 Å². The van der Waals surface area contributed by atoms with Crippen LogP contribution in [0.4, 0.5) is 25.1 Å². The van der Waals surface area contributed by atoms with Crippen LogP contribution in [0.3, 0.4) is 0 Å². The van der Waals surface area contributed by atoms with Crippen molar-refractivity contribution in [2.75, 3.05) is 11.5 Å². The summed E-state index contributed by atoms with van der Waals surface area (Å²) in [7, 11) is 0. The van der Waals surface area contributed by atoms with E-state index in [1.54, 1.807) is 129 Å². The number of benzene rings is 6. The molecule has 0 amide bonds. The Labute approximate surface area is 727 Å². The van der Waals surface area contributed by atoms with Crippen LogP contribution in [-0.2, 0) is 0 Å². The van der Waals surface area contributed by atoms with E-state index in [4.69, 9.17) is 48.3 Å². The molecular weight excluding hydrogens is 1700 g/mol. The maximum atomic E-state index is 13.7. The fraction of sp³-hybridized carbons (Fsp3) is 0.0341. The van der Waals surface area contributed by atoms with Gasteiger partial charge in [0, 0.05) is 100 Å². The number of halogens is 10. The third-order valence-corrected chi connectivity index (χ3v) is 14.4.